The molecule has 5 rings (SSSR count). The SMILES string of the molecule is C=CCc1cc(C2C3=C(CCCC3=O)N(CC(=O)O)C3=C2C(=O)CCC3)cc(OCC)c1OS(=O)(=O)c1ccc(C)cc1. The van der Waals surface area contributed by atoms with E-state index in [2.05, 4.69) is 6.58 Å². The molecular weight excluding hydrogens is 570 g/mol. The van der Waals surface area contributed by atoms with Crippen molar-refractivity contribution < 1.29 is 36.8 Å². The third-order valence-corrected chi connectivity index (χ3v) is 9.27. The molecule has 0 bridgehead atoms. The Hall–Kier alpha value is -4.18. The first-order chi connectivity index (χ1) is 20.6. The Morgan fingerprint density at radius 3 is 2.16 bits per heavy atom. The van der Waals surface area contributed by atoms with Crippen LogP contribution >= 0.6 is 0 Å². The number of carbonyl (C=O) groups excluding carboxylic acids is 2. The number of carboxylic acids is 1. The van der Waals surface area contributed by atoms with Crippen molar-refractivity contribution in [3.05, 3.63) is 88.3 Å². The number of ether oxygens (including phenoxy) is 1. The Labute approximate surface area is 251 Å². The number of hydrogen-bond donors (Lipinski definition) is 1. The van der Waals surface area contributed by atoms with Gasteiger partial charge in [-0.2, -0.15) is 8.42 Å². The molecule has 0 aromatic heterocycles. The molecule has 43 heavy (non-hydrogen) atoms. The molecule has 0 radical (unpaired) electrons. The number of hydrogen-bond acceptors (Lipinski definition) is 8. The van der Waals surface area contributed by atoms with Crippen molar-refractivity contribution in [1.82, 2.24) is 4.90 Å². The molecule has 3 aliphatic rings. The van der Waals surface area contributed by atoms with Gasteiger partial charge in [-0.15, -0.1) is 6.58 Å². The number of carboxylic acid groups (broad SMARTS) is 1. The Kier molecular flexibility index (Phi) is 8.59. The van der Waals surface area contributed by atoms with Gasteiger partial charge in [0.05, 0.1) is 6.61 Å². The molecule has 0 saturated carbocycles. The molecule has 2 aliphatic carbocycles. The summed E-state index contributed by atoms with van der Waals surface area (Å²) in [6.45, 7) is 7.32. The standard InChI is InChI=1S/C33H35NO8S/c1-4-8-21-17-22(18-28(41-5-2)33(21)42-43(39,40)23-15-13-20(3)14-16-23)30-31-24(9-6-11-26(31)35)34(19-29(37)38)25-10-7-12-27(36)32(25)30/h4,13-18,30H,1,5-12,19H2,2-3H3,(H,37,38). The molecule has 226 valence electrons. The van der Waals surface area contributed by atoms with Crippen LogP contribution in [0.15, 0.2) is 76.5 Å². The van der Waals surface area contributed by atoms with Crippen LogP contribution in [0.4, 0.5) is 0 Å². The van der Waals surface area contributed by atoms with Gasteiger partial charge in [0.2, 0.25) is 0 Å². The van der Waals surface area contributed by atoms with Gasteiger partial charge in [-0.05, 0) is 69.7 Å². The predicted molar refractivity (Wildman–Crippen MR) is 159 cm³/mol. The third-order valence-electron chi connectivity index (χ3n) is 8.03. The normalized spacial score (nSPS) is 17.5. The largest absolute Gasteiger partial charge is 0.490 e. The molecule has 2 aromatic carbocycles. The second kappa shape index (κ2) is 12.2. The lowest BCUT2D eigenvalue weighted by Crippen LogP contribution is -2.41. The summed E-state index contributed by atoms with van der Waals surface area (Å²) in [4.78, 5) is 40.7. The van der Waals surface area contributed by atoms with Crippen LogP contribution in [0.2, 0.25) is 0 Å². The van der Waals surface area contributed by atoms with E-state index in [9.17, 15) is 27.9 Å². The minimum Gasteiger partial charge on any atom is -0.490 e. The third kappa shape index (κ3) is 5.88. The number of aryl methyl sites for hydroxylation is 1. The zero-order valence-electron chi connectivity index (χ0n) is 24.4. The van der Waals surface area contributed by atoms with E-state index in [1.165, 1.54) is 12.1 Å². The van der Waals surface area contributed by atoms with E-state index in [0.717, 1.165) is 5.56 Å². The molecule has 0 amide bonds. The fraction of sp³-hybridized carbons (Fsp3) is 0.364. The van der Waals surface area contributed by atoms with E-state index < -0.39 is 22.0 Å². The topological polar surface area (TPSA) is 127 Å². The molecule has 1 aliphatic heterocycles. The van der Waals surface area contributed by atoms with Crippen molar-refractivity contribution in [2.75, 3.05) is 13.2 Å². The molecule has 0 unspecified atom stereocenters. The van der Waals surface area contributed by atoms with Gasteiger partial charge in [-0.1, -0.05) is 29.8 Å². The summed E-state index contributed by atoms with van der Waals surface area (Å²) in [6, 6.07) is 9.71. The van der Waals surface area contributed by atoms with E-state index in [0.29, 0.717) is 72.2 Å². The smallest absolute Gasteiger partial charge is 0.339 e. The van der Waals surface area contributed by atoms with Crippen LogP contribution in [0.5, 0.6) is 11.5 Å². The number of aliphatic carboxylic acids is 1. The Morgan fingerprint density at radius 1 is 1.02 bits per heavy atom. The number of carbonyl (C=O) groups is 3. The summed E-state index contributed by atoms with van der Waals surface area (Å²) in [5, 5.41) is 9.73. The lowest BCUT2D eigenvalue weighted by molar-refractivity contribution is -0.138. The molecule has 0 fully saturated rings. The summed E-state index contributed by atoms with van der Waals surface area (Å²) < 4.78 is 38.3. The average molecular weight is 606 g/mol. The van der Waals surface area contributed by atoms with Crippen LogP contribution in [0.25, 0.3) is 0 Å². The Morgan fingerprint density at radius 2 is 1.63 bits per heavy atom. The summed E-state index contributed by atoms with van der Waals surface area (Å²) in [7, 11) is -4.23. The van der Waals surface area contributed by atoms with Crippen LogP contribution in [-0.4, -0.2) is 49.1 Å². The predicted octanol–water partition coefficient (Wildman–Crippen LogP) is 5.39. The van der Waals surface area contributed by atoms with Crippen molar-refractivity contribution in [2.24, 2.45) is 0 Å². The number of rotatable bonds is 10. The number of ketones is 2. The summed E-state index contributed by atoms with van der Waals surface area (Å²) in [5.41, 5.74) is 4.09. The van der Waals surface area contributed by atoms with Gasteiger partial charge < -0.3 is 18.9 Å². The fourth-order valence-corrected chi connectivity index (χ4v) is 7.23. The zero-order chi connectivity index (χ0) is 30.9. The number of nitrogens with zero attached hydrogens (tertiary/aromatic N) is 1. The molecule has 0 spiro atoms. The quantitative estimate of drug-likeness (QED) is 0.280. The van der Waals surface area contributed by atoms with Crippen molar-refractivity contribution in [2.45, 2.75) is 69.6 Å². The van der Waals surface area contributed by atoms with Crippen molar-refractivity contribution in [3.8, 4) is 11.5 Å². The molecule has 0 saturated heterocycles. The first kappa shape index (κ1) is 30.3. The van der Waals surface area contributed by atoms with Crippen LogP contribution in [0.3, 0.4) is 0 Å². The highest BCUT2D eigenvalue weighted by atomic mass is 32.2. The molecular formula is C33H35NO8S. The summed E-state index contributed by atoms with van der Waals surface area (Å²) >= 11 is 0. The molecule has 1 N–H and O–H groups in total. The number of benzene rings is 2. The van der Waals surface area contributed by atoms with Gasteiger partial charge in [-0.25, -0.2) is 0 Å². The molecule has 1 heterocycles. The maximum atomic E-state index is 13.6. The van der Waals surface area contributed by atoms with Gasteiger partial charge >= 0.3 is 16.1 Å². The first-order valence-corrected chi connectivity index (χ1v) is 15.9. The van der Waals surface area contributed by atoms with E-state index >= 15 is 0 Å². The zero-order valence-corrected chi connectivity index (χ0v) is 25.2. The molecule has 10 heteroatoms. The van der Waals surface area contributed by atoms with Crippen molar-refractivity contribution >= 4 is 27.7 Å². The minimum atomic E-state index is -4.23. The number of allylic oxidation sites excluding steroid dienone is 5. The van der Waals surface area contributed by atoms with Crippen LogP contribution in [0, 0.1) is 6.92 Å². The van der Waals surface area contributed by atoms with E-state index in [1.807, 2.05) is 6.92 Å². The highest BCUT2D eigenvalue weighted by Crippen LogP contribution is 2.50. The lowest BCUT2D eigenvalue weighted by atomic mass is 9.70. The Bertz CT molecular complexity index is 1620. The van der Waals surface area contributed by atoms with Crippen LogP contribution in [-0.2, 0) is 30.9 Å². The highest BCUT2D eigenvalue weighted by molar-refractivity contribution is 7.87. The average Bonchev–Trinajstić information content (AvgIpc) is 2.95. The van der Waals surface area contributed by atoms with E-state index in [-0.39, 0.29) is 47.5 Å². The van der Waals surface area contributed by atoms with Crippen LogP contribution in [0.1, 0.15) is 68.1 Å². The lowest BCUT2D eigenvalue weighted by Gasteiger charge is -2.43. The van der Waals surface area contributed by atoms with E-state index in [1.54, 1.807) is 42.2 Å². The monoisotopic (exact) mass is 605 g/mol. The van der Waals surface area contributed by atoms with Gasteiger partial charge in [0.1, 0.15) is 11.4 Å². The van der Waals surface area contributed by atoms with Gasteiger partial charge in [0, 0.05) is 46.9 Å². The summed E-state index contributed by atoms with van der Waals surface area (Å²) in [6.07, 6.45) is 4.64. The second-order valence-electron chi connectivity index (χ2n) is 11.0. The van der Waals surface area contributed by atoms with Gasteiger partial charge in [0.15, 0.2) is 23.1 Å². The van der Waals surface area contributed by atoms with Crippen molar-refractivity contribution in [3.63, 3.8) is 0 Å². The molecule has 0 atom stereocenters. The second-order valence-corrected chi connectivity index (χ2v) is 12.5. The van der Waals surface area contributed by atoms with E-state index in [4.69, 9.17) is 8.92 Å². The van der Waals surface area contributed by atoms with Gasteiger partial charge in [-0.3, -0.25) is 14.4 Å². The van der Waals surface area contributed by atoms with Crippen LogP contribution < -0.4 is 8.92 Å². The minimum absolute atomic E-state index is 0.00909. The number of Topliss-reactive ketones (excluding diaryl/α,β-unsaturated/α-hetero) is 2. The molecule has 9 nitrogen and oxygen atoms in total. The fourth-order valence-electron chi connectivity index (χ4n) is 6.25. The maximum Gasteiger partial charge on any atom is 0.339 e. The van der Waals surface area contributed by atoms with Gasteiger partial charge in [0.25, 0.3) is 0 Å². The maximum absolute atomic E-state index is 13.6. The summed E-state index contributed by atoms with van der Waals surface area (Å²) in [5.74, 6) is -1.86. The highest BCUT2D eigenvalue weighted by Gasteiger charge is 2.44. The first-order valence-electron chi connectivity index (χ1n) is 14.5. The van der Waals surface area contributed by atoms with Crippen molar-refractivity contribution in [1.29, 1.82) is 0 Å². The Balaban J connectivity index is 1.71. The molecule has 2 aromatic rings.